The molecule has 0 saturated heterocycles. The van der Waals surface area contributed by atoms with E-state index < -0.39 is 21.4 Å². The minimum atomic E-state index is -1.05. The van der Waals surface area contributed by atoms with E-state index in [9.17, 15) is 19.8 Å². The Morgan fingerprint density at radius 1 is 0.548 bits per heavy atom. The smallest absolute Gasteiger partial charge is 0.319 e. The number of carboxylic acid groups (broad SMARTS) is 2. The molecule has 0 saturated carbocycles. The molecule has 0 fully saturated rings. The summed E-state index contributed by atoms with van der Waals surface area (Å²) >= 11 is 1.16. The lowest BCUT2D eigenvalue weighted by Gasteiger charge is -2.34. The highest BCUT2D eigenvalue weighted by Gasteiger charge is 2.45. The van der Waals surface area contributed by atoms with Gasteiger partial charge in [-0.1, -0.05) is 117 Å². The van der Waals surface area contributed by atoms with Gasteiger partial charge in [-0.3, -0.25) is 9.59 Å². The van der Waals surface area contributed by atoms with Gasteiger partial charge < -0.3 is 10.2 Å². The number of thioether (sulfide) groups is 1. The van der Waals surface area contributed by atoms with Crippen molar-refractivity contribution in [3.05, 3.63) is 0 Å². The summed E-state index contributed by atoms with van der Waals surface area (Å²) < 4.78 is -2.09. The van der Waals surface area contributed by atoms with Crippen LogP contribution in [-0.2, 0) is 9.59 Å². The predicted octanol–water partition coefficient (Wildman–Crippen LogP) is 8.47. The van der Waals surface area contributed by atoms with Gasteiger partial charge >= 0.3 is 11.9 Å². The monoisotopic (exact) mass is 458 g/mol. The summed E-state index contributed by atoms with van der Waals surface area (Å²) in [4.78, 5) is 24.1. The molecule has 2 N–H and O–H groups in total. The van der Waals surface area contributed by atoms with Crippen molar-refractivity contribution in [3.8, 4) is 0 Å². The van der Waals surface area contributed by atoms with E-state index in [2.05, 4.69) is 13.8 Å². The minimum absolute atomic E-state index is 0.530. The molecule has 184 valence electrons. The average Bonchev–Trinajstić information content (AvgIpc) is 2.71. The fraction of sp³-hybridized carbons (Fsp3) is 0.923. The summed E-state index contributed by atoms with van der Waals surface area (Å²) in [6.45, 7) is 7.86. The Morgan fingerprint density at radius 2 is 0.806 bits per heavy atom. The molecule has 0 aliphatic rings. The van der Waals surface area contributed by atoms with Crippen molar-refractivity contribution in [2.75, 3.05) is 0 Å². The Hall–Kier alpha value is -0.710. The molecule has 2 atom stereocenters. The van der Waals surface area contributed by atoms with Crippen LogP contribution in [0.4, 0.5) is 0 Å². The van der Waals surface area contributed by atoms with Gasteiger partial charge in [-0.05, 0) is 26.7 Å². The van der Waals surface area contributed by atoms with Crippen LogP contribution in [-0.4, -0.2) is 31.6 Å². The van der Waals surface area contributed by atoms with Gasteiger partial charge in [0, 0.05) is 0 Å². The molecule has 0 spiro atoms. The Labute approximate surface area is 196 Å². The first kappa shape index (κ1) is 30.3. The summed E-state index contributed by atoms with van der Waals surface area (Å²) in [5, 5.41) is 19.8. The molecular weight excluding hydrogens is 408 g/mol. The Morgan fingerprint density at radius 3 is 1.06 bits per heavy atom. The summed E-state index contributed by atoms with van der Waals surface area (Å²) in [6, 6.07) is 0. The highest BCUT2D eigenvalue weighted by Crippen LogP contribution is 2.43. The molecule has 0 rings (SSSR count). The second kappa shape index (κ2) is 17.8. The number of carbonyl (C=O) groups is 2. The van der Waals surface area contributed by atoms with Gasteiger partial charge in [-0.25, -0.2) is 0 Å². The van der Waals surface area contributed by atoms with Crippen LogP contribution >= 0.6 is 11.8 Å². The van der Waals surface area contributed by atoms with E-state index in [4.69, 9.17) is 0 Å². The molecule has 0 aromatic heterocycles. The molecule has 0 bridgehead atoms. The predicted molar refractivity (Wildman–Crippen MR) is 134 cm³/mol. The Balaban J connectivity index is 4.47. The zero-order chi connectivity index (χ0) is 23.6. The van der Waals surface area contributed by atoms with E-state index in [-0.39, 0.29) is 0 Å². The van der Waals surface area contributed by atoms with Crippen molar-refractivity contribution < 1.29 is 19.8 Å². The highest BCUT2D eigenvalue weighted by atomic mass is 32.2. The SMILES string of the molecule is CCCCCCCCCCC(C)(SC(C)(CCCCCCCCCC)C(=O)O)C(=O)O. The van der Waals surface area contributed by atoms with Crippen LogP contribution in [0.5, 0.6) is 0 Å². The quantitative estimate of drug-likeness (QED) is 0.159. The lowest BCUT2D eigenvalue weighted by molar-refractivity contribution is -0.139. The van der Waals surface area contributed by atoms with Crippen LogP contribution in [0.25, 0.3) is 0 Å². The van der Waals surface area contributed by atoms with E-state index in [0.717, 1.165) is 50.3 Å². The molecular formula is C26H50O4S. The van der Waals surface area contributed by atoms with E-state index in [1.165, 1.54) is 64.2 Å². The van der Waals surface area contributed by atoms with E-state index in [0.29, 0.717) is 12.8 Å². The van der Waals surface area contributed by atoms with Crippen LogP contribution < -0.4 is 0 Å². The maximum atomic E-state index is 12.0. The van der Waals surface area contributed by atoms with E-state index >= 15 is 0 Å². The number of unbranched alkanes of at least 4 members (excludes halogenated alkanes) is 14. The molecule has 0 aromatic rings. The molecule has 0 aliphatic heterocycles. The van der Waals surface area contributed by atoms with Gasteiger partial charge in [0.1, 0.15) is 9.49 Å². The van der Waals surface area contributed by atoms with Crippen LogP contribution in [0.15, 0.2) is 0 Å². The zero-order valence-corrected chi connectivity index (χ0v) is 21.7. The summed E-state index contributed by atoms with van der Waals surface area (Å²) in [5.41, 5.74) is 0. The summed E-state index contributed by atoms with van der Waals surface area (Å²) in [5.74, 6) is -1.77. The largest absolute Gasteiger partial charge is 0.480 e. The highest BCUT2D eigenvalue weighted by molar-refractivity contribution is 8.03. The zero-order valence-electron chi connectivity index (χ0n) is 20.8. The standard InChI is InChI=1S/C26H50O4S/c1-5-7-9-11-13-15-17-19-21-25(3,23(27)28)31-26(4,24(29)30)22-20-18-16-14-12-10-8-6-2/h5-22H2,1-4H3,(H,27,28)(H,29,30). The summed E-state index contributed by atoms with van der Waals surface area (Å²) in [6.07, 6.45) is 19.7. The Kier molecular flexibility index (Phi) is 17.4. The third-order valence-electron chi connectivity index (χ3n) is 6.37. The number of carboxylic acids is 2. The van der Waals surface area contributed by atoms with Crippen molar-refractivity contribution in [3.63, 3.8) is 0 Å². The molecule has 0 radical (unpaired) electrons. The second-order valence-electron chi connectivity index (χ2n) is 9.62. The lowest BCUT2D eigenvalue weighted by Crippen LogP contribution is -2.42. The molecule has 0 amide bonds. The normalized spacial score (nSPS) is 15.4. The molecule has 5 heteroatoms. The van der Waals surface area contributed by atoms with Crippen molar-refractivity contribution in [1.82, 2.24) is 0 Å². The maximum absolute atomic E-state index is 12.0. The number of hydrogen-bond acceptors (Lipinski definition) is 3. The van der Waals surface area contributed by atoms with E-state index in [1.54, 1.807) is 13.8 Å². The molecule has 4 nitrogen and oxygen atoms in total. The van der Waals surface area contributed by atoms with Crippen LogP contribution in [0.1, 0.15) is 143 Å². The third-order valence-corrected chi connectivity index (χ3v) is 8.03. The van der Waals surface area contributed by atoms with Gasteiger partial charge in [0.05, 0.1) is 0 Å². The molecule has 0 aromatic carbocycles. The van der Waals surface area contributed by atoms with Gasteiger partial charge in [0.2, 0.25) is 0 Å². The first-order valence-electron chi connectivity index (χ1n) is 12.9. The lowest BCUT2D eigenvalue weighted by atomic mass is 10.00. The third kappa shape index (κ3) is 14.1. The molecule has 31 heavy (non-hydrogen) atoms. The van der Waals surface area contributed by atoms with Crippen molar-refractivity contribution >= 4 is 23.7 Å². The molecule has 0 aliphatic carbocycles. The number of rotatable bonds is 22. The first-order valence-corrected chi connectivity index (χ1v) is 13.7. The maximum Gasteiger partial charge on any atom is 0.319 e. The fourth-order valence-electron chi connectivity index (χ4n) is 4.09. The van der Waals surface area contributed by atoms with Gasteiger partial charge in [0.15, 0.2) is 0 Å². The van der Waals surface area contributed by atoms with Crippen molar-refractivity contribution in [1.29, 1.82) is 0 Å². The molecule has 2 unspecified atom stereocenters. The van der Waals surface area contributed by atoms with E-state index in [1.807, 2.05) is 0 Å². The first-order chi connectivity index (χ1) is 14.7. The van der Waals surface area contributed by atoms with Gasteiger partial charge in [-0.2, -0.15) is 0 Å². The van der Waals surface area contributed by atoms with Crippen molar-refractivity contribution in [2.24, 2.45) is 0 Å². The fourth-order valence-corrected chi connectivity index (χ4v) is 5.75. The van der Waals surface area contributed by atoms with Crippen LogP contribution in [0.2, 0.25) is 0 Å². The second-order valence-corrected chi connectivity index (χ2v) is 11.6. The number of hydrogen-bond donors (Lipinski definition) is 2. The van der Waals surface area contributed by atoms with Gasteiger partial charge in [-0.15, -0.1) is 11.8 Å². The van der Waals surface area contributed by atoms with Crippen LogP contribution in [0.3, 0.4) is 0 Å². The Bertz CT molecular complexity index is 440. The topological polar surface area (TPSA) is 74.6 Å². The summed E-state index contributed by atoms with van der Waals surface area (Å²) in [7, 11) is 0. The van der Waals surface area contributed by atoms with Crippen LogP contribution in [0, 0.1) is 0 Å². The molecule has 0 heterocycles. The minimum Gasteiger partial charge on any atom is -0.480 e. The number of aliphatic carboxylic acids is 2. The van der Waals surface area contributed by atoms with Crippen molar-refractivity contribution in [2.45, 2.75) is 153 Å². The van der Waals surface area contributed by atoms with Gasteiger partial charge in [0.25, 0.3) is 0 Å². The average molecular weight is 459 g/mol.